The fraction of sp³-hybridized carbons (Fsp3) is 0.688. The monoisotopic (exact) mass is 307 g/mol. The largest absolute Gasteiger partial charge is 0.321 e. The molecule has 0 bridgehead atoms. The number of rotatable bonds is 4. The van der Waals surface area contributed by atoms with Gasteiger partial charge >= 0.3 is 0 Å². The topological polar surface area (TPSA) is 35.6 Å². The van der Waals surface area contributed by atoms with Crippen molar-refractivity contribution in [3.8, 4) is 0 Å². The van der Waals surface area contributed by atoms with Crippen LogP contribution in [0.4, 0.5) is 0 Å². The van der Waals surface area contributed by atoms with Crippen molar-refractivity contribution >= 4 is 17.2 Å². The highest BCUT2D eigenvalue weighted by atomic mass is 32.1. The Morgan fingerprint density at radius 3 is 2.86 bits per heavy atom. The van der Waals surface area contributed by atoms with Gasteiger partial charge in [0.25, 0.3) is 0 Å². The minimum Gasteiger partial charge on any atom is -0.321 e. The van der Waals surface area contributed by atoms with E-state index in [9.17, 15) is 4.79 Å². The number of hydrogen-bond donors (Lipinski definition) is 1. The molecule has 1 amide bonds. The van der Waals surface area contributed by atoms with Crippen LogP contribution in [-0.4, -0.2) is 48.4 Å². The van der Waals surface area contributed by atoms with Crippen LogP contribution < -0.4 is 5.32 Å². The second kappa shape index (κ2) is 6.07. The van der Waals surface area contributed by atoms with E-state index in [0.29, 0.717) is 11.8 Å². The molecule has 1 aromatic heterocycles. The van der Waals surface area contributed by atoms with Crippen molar-refractivity contribution in [2.24, 2.45) is 11.8 Å². The number of carbonyl (C=O) groups is 1. The molecule has 1 aromatic rings. The number of carbonyl (C=O) groups excluding carboxylic acids is 1. The smallest absolute Gasteiger partial charge is 0.241 e. The standard InChI is InChI=1S/C16H25N3OS/c1-11(2)14-16(20)19(9-12-4-6-18(3)8-12)15(17-14)13-5-7-21-10-13/h5,7,10-12,14-15,17H,4,6,8-9H2,1-3H3. The molecule has 5 heteroatoms. The zero-order chi connectivity index (χ0) is 15.0. The normalized spacial score (nSPS) is 30.8. The molecule has 2 fully saturated rings. The fourth-order valence-corrected chi connectivity index (χ4v) is 4.15. The molecule has 2 saturated heterocycles. The van der Waals surface area contributed by atoms with Crippen molar-refractivity contribution in [2.45, 2.75) is 32.5 Å². The second-order valence-electron chi connectivity index (χ2n) is 6.76. The van der Waals surface area contributed by atoms with E-state index in [1.54, 1.807) is 11.3 Å². The summed E-state index contributed by atoms with van der Waals surface area (Å²) >= 11 is 1.70. The third kappa shape index (κ3) is 3.00. The second-order valence-corrected chi connectivity index (χ2v) is 7.54. The van der Waals surface area contributed by atoms with Gasteiger partial charge in [0.2, 0.25) is 5.91 Å². The molecule has 1 N–H and O–H groups in total. The number of nitrogens with zero attached hydrogens (tertiary/aromatic N) is 2. The van der Waals surface area contributed by atoms with Crippen LogP contribution >= 0.6 is 11.3 Å². The molecule has 2 aliphatic heterocycles. The van der Waals surface area contributed by atoms with Gasteiger partial charge in [0, 0.05) is 13.1 Å². The highest BCUT2D eigenvalue weighted by molar-refractivity contribution is 7.07. The quantitative estimate of drug-likeness (QED) is 0.926. The molecule has 3 rings (SSSR count). The molecular formula is C16H25N3OS. The summed E-state index contributed by atoms with van der Waals surface area (Å²) in [4.78, 5) is 17.2. The average molecular weight is 307 g/mol. The van der Waals surface area contributed by atoms with Gasteiger partial charge in [-0.25, -0.2) is 0 Å². The molecule has 2 aliphatic rings. The van der Waals surface area contributed by atoms with E-state index >= 15 is 0 Å². The molecule has 4 nitrogen and oxygen atoms in total. The van der Waals surface area contributed by atoms with E-state index in [0.717, 1.165) is 19.6 Å². The molecule has 0 radical (unpaired) electrons. The van der Waals surface area contributed by atoms with Crippen molar-refractivity contribution in [1.29, 1.82) is 0 Å². The Balaban J connectivity index is 1.78. The number of hydrogen-bond acceptors (Lipinski definition) is 4. The molecule has 3 atom stereocenters. The molecule has 0 aliphatic carbocycles. The maximum Gasteiger partial charge on any atom is 0.241 e. The summed E-state index contributed by atoms with van der Waals surface area (Å²) in [6.07, 6.45) is 1.25. The lowest BCUT2D eigenvalue weighted by Gasteiger charge is -2.26. The summed E-state index contributed by atoms with van der Waals surface area (Å²) in [5.74, 6) is 1.21. The van der Waals surface area contributed by atoms with Gasteiger partial charge in [-0.05, 0) is 54.2 Å². The van der Waals surface area contributed by atoms with Gasteiger partial charge in [0.15, 0.2) is 0 Å². The Labute approximate surface area is 131 Å². The Morgan fingerprint density at radius 2 is 2.29 bits per heavy atom. The molecule has 21 heavy (non-hydrogen) atoms. The zero-order valence-corrected chi connectivity index (χ0v) is 13.9. The Morgan fingerprint density at radius 1 is 1.48 bits per heavy atom. The minimum atomic E-state index is -0.0472. The number of thiophene rings is 1. The van der Waals surface area contributed by atoms with Crippen molar-refractivity contribution in [1.82, 2.24) is 15.1 Å². The summed E-state index contributed by atoms with van der Waals surface area (Å²) in [6, 6.07) is 2.08. The predicted molar refractivity (Wildman–Crippen MR) is 86.1 cm³/mol. The van der Waals surface area contributed by atoms with E-state index < -0.39 is 0 Å². The Kier molecular flexibility index (Phi) is 4.33. The number of amides is 1. The highest BCUT2D eigenvalue weighted by Gasteiger charge is 2.42. The summed E-state index contributed by atoms with van der Waals surface area (Å²) in [7, 11) is 2.16. The molecule has 0 spiro atoms. The van der Waals surface area contributed by atoms with E-state index in [4.69, 9.17) is 0 Å². The molecular weight excluding hydrogens is 282 g/mol. The predicted octanol–water partition coefficient (Wildman–Crippen LogP) is 2.15. The minimum absolute atomic E-state index is 0.0472. The van der Waals surface area contributed by atoms with Crippen molar-refractivity contribution in [3.63, 3.8) is 0 Å². The van der Waals surface area contributed by atoms with Crippen LogP contribution in [0.3, 0.4) is 0 Å². The lowest BCUT2D eigenvalue weighted by atomic mass is 10.0. The third-order valence-electron chi connectivity index (χ3n) is 4.67. The number of likely N-dealkylation sites (tertiary alicyclic amines) is 1. The van der Waals surface area contributed by atoms with Gasteiger partial charge < -0.3 is 9.80 Å². The van der Waals surface area contributed by atoms with Gasteiger partial charge in [-0.15, -0.1) is 0 Å². The van der Waals surface area contributed by atoms with Gasteiger partial charge in [0.1, 0.15) is 6.17 Å². The summed E-state index contributed by atoms with van der Waals surface area (Å²) in [5, 5.41) is 7.79. The van der Waals surface area contributed by atoms with Crippen molar-refractivity contribution < 1.29 is 4.79 Å². The summed E-state index contributed by atoms with van der Waals surface area (Å²) in [5.41, 5.74) is 1.22. The van der Waals surface area contributed by atoms with Crippen molar-refractivity contribution in [3.05, 3.63) is 22.4 Å². The van der Waals surface area contributed by atoms with Gasteiger partial charge in [0.05, 0.1) is 6.04 Å². The van der Waals surface area contributed by atoms with Crippen molar-refractivity contribution in [2.75, 3.05) is 26.7 Å². The first-order chi connectivity index (χ1) is 10.1. The van der Waals surface area contributed by atoms with E-state index in [2.05, 4.69) is 52.8 Å². The summed E-state index contributed by atoms with van der Waals surface area (Å²) in [6.45, 7) is 7.36. The SMILES string of the molecule is CC(C)C1NC(c2ccsc2)N(CC2CCN(C)C2)C1=O. The lowest BCUT2D eigenvalue weighted by molar-refractivity contribution is -0.131. The first-order valence-corrected chi connectivity index (χ1v) is 8.77. The van der Waals surface area contributed by atoms with Crippen LogP contribution in [0.1, 0.15) is 32.0 Å². The van der Waals surface area contributed by atoms with Crippen LogP contribution in [0.5, 0.6) is 0 Å². The van der Waals surface area contributed by atoms with E-state index in [-0.39, 0.29) is 18.1 Å². The lowest BCUT2D eigenvalue weighted by Crippen LogP contribution is -2.37. The van der Waals surface area contributed by atoms with Crippen LogP contribution in [0.15, 0.2) is 16.8 Å². The first kappa shape index (κ1) is 15.0. The molecule has 3 unspecified atom stereocenters. The van der Waals surface area contributed by atoms with Crippen LogP contribution in [0.25, 0.3) is 0 Å². The average Bonchev–Trinajstić information content (AvgIpc) is 3.13. The maximum absolute atomic E-state index is 12.8. The summed E-state index contributed by atoms with van der Waals surface area (Å²) < 4.78 is 0. The van der Waals surface area contributed by atoms with Crippen LogP contribution in [0.2, 0.25) is 0 Å². The Hall–Kier alpha value is -0.910. The third-order valence-corrected chi connectivity index (χ3v) is 5.37. The molecule has 116 valence electrons. The number of nitrogens with one attached hydrogen (secondary N) is 1. The van der Waals surface area contributed by atoms with E-state index in [1.807, 2.05) is 0 Å². The van der Waals surface area contributed by atoms with Crippen LogP contribution in [-0.2, 0) is 4.79 Å². The molecule has 0 aromatic carbocycles. The van der Waals surface area contributed by atoms with Gasteiger partial charge in [-0.3, -0.25) is 10.1 Å². The first-order valence-electron chi connectivity index (χ1n) is 7.83. The molecule has 0 saturated carbocycles. The Bertz CT molecular complexity index is 488. The molecule has 3 heterocycles. The highest BCUT2D eigenvalue weighted by Crippen LogP contribution is 2.31. The van der Waals surface area contributed by atoms with Gasteiger partial charge in [-0.1, -0.05) is 13.8 Å². The van der Waals surface area contributed by atoms with Gasteiger partial charge in [-0.2, -0.15) is 11.3 Å². The maximum atomic E-state index is 12.8. The van der Waals surface area contributed by atoms with Crippen LogP contribution in [0, 0.1) is 11.8 Å². The fourth-order valence-electron chi connectivity index (χ4n) is 3.47. The van der Waals surface area contributed by atoms with E-state index in [1.165, 1.54) is 12.0 Å². The zero-order valence-electron chi connectivity index (χ0n) is 13.1.